The molecule has 1 aromatic carbocycles. The highest BCUT2D eigenvalue weighted by Crippen LogP contribution is 2.21. The highest BCUT2D eigenvalue weighted by Gasteiger charge is 2.16. The van der Waals surface area contributed by atoms with Gasteiger partial charge >= 0.3 is 5.97 Å². The maximum atomic E-state index is 12.1. The molecule has 3 rings (SSSR count). The Labute approximate surface area is 114 Å². The minimum atomic E-state index is -1.07. The molecular weight excluding hydrogens is 262 g/mol. The van der Waals surface area contributed by atoms with Gasteiger partial charge < -0.3 is 19.2 Å². The molecule has 1 fully saturated rings. The molecule has 1 aliphatic heterocycles. The molecule has 2 heterocycles. The first-order chi connectivity index (χ1) is 9.65. The summed E-state index contributed by atoms with van der Waals surface area (Å²) in [5, 5.41) is 9.22. The van der Waals surface area contributed by atoms with Crippen LogP contribution in [0.1, 0.15) is 10.4 Å². The van der Waals surface area contributed by atoms with E-state index in [1.807, 2.05) is 4.90 Å². The lowest BCUT2D eigenvalue weighted by Gasteiger charge is -2.27. The predicted molar refractivity (Wildman–Crippen MR) is 72.5 cm³/mol. The molecule has 1 saturated heterocycles. The molecule has 6 heteroatoms. The monoisotopic (exact) mass is 275 g/mol. The van der Waals surface area contributed by atoms with Crippen molar-refractivity contribution in [2.24, 2.45) is 0 Å². The predicted octanol–water partition coefficient (Wildman–Crippen LogP) is 1.33. The van der Waals surface area contributed by atoms with Crippen LogP contribution in [-0.2, 0) is 4.74 Å². The number of rotatable bonds is 2. The average Bonchev–Trinajstić information content (AvgIpc) is 2.47. The second kappa shape index (κ2) is 4.97. The lowest BCUT2D eigenvalue weighted by molar-refractivity contribution is 0.0697. The van der Waals surface area contributed by atoms with E-state index in [0.29, 0.717) is 37.8 Å². The number of hydrogen-bond donors (Lipinski definition) is 1. The summed E-state index contributed by atoms with van der Waals surface area (Å²) in [7, 11) is 0. The number of morpholine rings is 1. The first-order valence-corrected chi connectivity index (χ1v) is 6.29. The molecule has 0 bridgehead atoms. The van der Waals surface area contributed by atoms with Crippen molar-refractivity contribution in [3.05, 3.63) is 40.1 Å². The van der Waals surface area contributed by atoms with Crippen LogP contribution in [-0.4, -0.2) is 37.4 Å². The van der Waals surface area contributed by atoms with Gasteiger partial charge in [0, 0.05) is 19.2 Å². The van der Waals surface area contributed by atoms with E-state index in [4.69, 9.17) is 14.3 Å². The standard InChI is InChI=1S/C14H13NO5/c16-11-8-13(15-3-5-19-6-4-15)20-12-2-1-9(14(17)18)7-10(11)12/h1-2,7-8H,3-6H2,(H,17,18). The number of carboxylic acid groups (broad SMARTS) is 1. The molecule has 0 aliphatic carbocycles. The summed E-state index contributed by atoms with van der Waals surface area (Å²) < 4.78 is 10.9. The summed E-state index contributed by atoms with van der Waals surface area (Å²) in [6.07, 6.45) is 0. The van der Waals surface area contributed by atoms with Gasteiger partial charge in [-0.1, -0.05) is 0 Å². The second-order valence-electron chi connectivity index (χ2n) is 4.56. The molecule has 0 saturated carbocycles. The van der Waals surface area contributed by atoms with Crippen molar-refractivity contribution in [2.75, 3.05) is 31.2 Å². The first-order valence-electron chi connectivity index (χ1n) is 6.29. The number of benzene rings is 1. The van der Waals surface area contributed by atoms with E-state index in [1.54, 1.807) is 0 Å². The Hall–Kier alpha value is -2.34. The SMILES string of the molecule is O=C(O)c1ccc2oc(N3CCOCC3)cc(=O)c2c1. The van der Waals surface area contributed by atoms with Crippen LogP contribution in [0.15, 0.2) is 33.5 Å². The van der Waals surface area contributed by atoms with E-state index in [-0.39, 0.29) is 16.4 Å². The van der Waals surface area contributed by atoms with Crippen molar-refractivity contribution in [3.63, 3.8) is 0 Å². The van der Waals surface area contributed by atoms with E-state index >= 15 is 0 Å². The Kier molecular flexibility index (Phi) is 3.15. The molecular formula is C14H13NO5. The zero-order valence-corrected chi connectivity index (χ0v) is 10.7. The van der Waals surface area contributed by atoms with Crippen LogP contribution in [0.5, 0.6) is 0 Å². The number of aromatic carboxylic acids is 1. The number of ether oxygens (including phenoxy) is 1. The maximum Gasteiger partial charge on any atom is 0.335 e. The molecule has 6 nitrogen and oxygen atoms in total. The molecule has 1 N–H and O–H groups in total. The fraction of sp³-hybridized carbons (Fsp3) is 0.286. The zero-order valence-electron chi connectivity index (χ0n) is 10.7. The van der Waals surface area contributed by atoms with E-state index in [2.05, 4.69) is 0 Å². The molecule has 0 unspecified atom stereocenters. The average molecular weight is 275 g/mol. The summed E-state index contributed by atoms with van der Waals surface area (Å²) in [5.41, 5.74) is 0.226. The van der Waals surface area contributed by atoms with E-state index in [0.717, 1.165) is 0 Å². The Balaban J connectivity index is 2.08. The van der Waals surface area contributed by atoms with Crippen molar-refractivity contribution in [3.8, 4) is 0 Å². The van der Waals surface area contributed by atoms with Crippen molar-refractivity contribution >= 4 is 22.8 Å². The molecule has 20 heavy (non-hydrogen) atoms. The summed E-state index contributed by atoms with van der Waals surface area (Å²) in [5.74, 6) is -0.572. The maximum absolute atomic E-state index is 12.1. The van der Waals surface area contributed by atoms with Gasteiger partial charge in [0.25, 0.3) is 0 Å². The number of carbonyl (C=O) groups is 1. The molecule has 0 radical (unpaired) electrons. The Morgan fingerprint density at radius 3 is 2.65 bits per heavy atom. The van der Waals surface area contributed by atoms with Gasteiger partial charge in [-0.05, 0) is 18.2 Å². The van der Waals surface area contributed by atoms with Gasteiger partial charge in [0.15, 0.2) is 11.3 Å². The third-order valence-corrected chi connectivity index (χ3v) is 3.28. The van der Waals surface area contributed by atoms with Crippen LogP contribution in [0.25, 0.3) is 11.0 Å². The zero-order chi connectivity index (χ0) is 14.1. The van der Waals surface area contributed by atoms with Gasteiger partial charge in [0.2, 0.25) is 0 Å². The molecule has 1 aliphatic rings. The largest absolute Gasteiger partial charge is 0.478 e. The molecule has 0 amide bonds. The number of anilines is 1. The normalized spacial score (nSPS) is 15.5. The van der Waals surface area contributed by atoms with Crippen LogP contribution < -0.4 is 10.3 Å². The number of fused-ring (bicyclic) bond motifs is 1. The minimum Gasteiger partial charge on any atom is -0.478 e. The molecule has 0 atom stereocenters. The highest BCUT2D eigenvalue weighted by molar-refractivity contribution is 5.92. The van der Waals surface area contributed by atoms with E-state index in [9.17, 15) is 9.59 Å². The Bertz CT molecular complexity index is 715. The molecule has 2 aromatic rings. The van der Waals surface area contributed by atoms with Gasteiger partial charge in [-0.2, -0.15) is 0 Å². The Morgan fingerprint density at radius 1 is 1.20 bits per heavy atom. The van der Waals surface area contributed by atoms with Crippen LogP contribution >= 0.6 is 0 Å². The number of hydrogen-bond acceptors (Lipinski definition) is 5. The van der Waals surface area contributed by atoms with Crippen LogP contribution in [0.4, 0.5) is 5.88 Å². The van der Waals surface area contributed by atoms with Gasteiger partial charge in [-0.3, -0.25) is 4.79 Å². The fourth-order valence-electron chi connectivity index (χ4n) is 2.22. The van der Waals surface area contributed by atoms with E-state index < -0.39 is 5.97 Å². The van der Waals surface area contributed by atoms with Crippen LogP contribution in [0, 0.1) is 0 Å². The Morgan fingerprint density at radius 2 is 1.95 bits per heavy atom. The minimum absolute atomic E-state index is 0.0731. The quantitative estimate of drug-likeness (QED) is 0.890. The highest BCUT2D eigenvalue weighted by atomic mass is 16.5. The summed E-state index contributed by atoms with van der Waals surface area (Å²) >= 11 is 0. The van der Waals surface area contributed by atoms with Crippen molar-refractivity contribution in [2.45, 2.75) is 0 Å². The fourth-order valence-corrected chi connectivity index (χ4v) is 2.22. The van der Waals surface area contributed by atoms with Gasteiger partial charge in [0.1, 0.15) is 5.58 Å². The smallest absolute Gasteiger partial charge is 0.335 e. The van der Waals surface area contributed by atoms with Gasteiger partial charge in [0.05, 0.1) is 24.2 Å². The van der Waals surface area contributed by atoms with Gasteiger partial charge in [-0.15, -0.1) is 0 Å². The third-order valence-electron chi connectivity index (χ3n) is 3.28. The molecule has 104 valence electrons. The molecule has 1 aromatic heterocycles. The van der Waals surface area contributed by atoms with Crippen LogP contribution in [0.2, 0.25) is 0 Å². The molecule has 0 spiro atoms. The van der Waals surface area contributed by atoms with Crippen molar-refractivity contribution in [1.82, 2.24) is 0 Å². The number of carboxylic acids is 1. The first kappa shape index (κ1) is 12.7. The third kappa shape index (κ3) is 2.25. The lowest BCUT2D eigenvalue weighted by atomic mass is 10.1. The number of nitrogens with zero attached hydrogens (tertiary/aromatic N) is 1. The van der Waals surface area contributed by atoms with E-state index in [1.165, 1.54) is 24.3 Å². The lowest BCUT2D eigenvalue weighted by Crippen LogP contribution is -2.36. The summed E-state index contributed by atoms with van der Waals surface area (Å²) in [6.45, 7) is 2.53. The van der Waals surface area contributed by atoms with Gasteiger partial charge in [-0.25, -0.2) is 4.79 Å². The van der Waals surface area contributed by atoms with Crippen LogP contribution in [0.3, 0.4) is 0 Å². The summed E-state index contributed by atoms with van der Waals surface area (Å²) in [6, 6.07) is 5.69. The van der Waals surface area contributed by atoms with Crippen molar-refractivity contribution < 1.29 is 19.1 Å². The second-order valence-corrected chi connectivity index (χ2v) is 4.56. The summed E-state index contributed by atoms with van der Waals surface area (Å²) in [4.78, 5) is 25.0. The van der Waals surface area contributed by atoms with Crippen molar-refractivity contribution in [1.29, 1.82) is 0 Å². The topological polar surface area (TPSA) is 80.0 Å².